The predicted octanol–water partition coefficient (Wildman–Crippen LogP) is 3.16. The summed E-state index contributed by atoms with van der Waals surface area (Å²) in [6.07, 6.45) is 5.84. The molecule has 0 aliphatic heterocycles. The molecular weight excluding hydrogens is 286 g/mol. The molecule has 0 aliphatic carbocycles. The van der Waals surface area contributed by atoms with Gasteiger partial charge in [0.1, 0.15) is 18.2 Å². The number of benzene rings is 1. The number of halogens is 1. The highest BCUT2D eigenvalue weighted by molar-refractivity contribution is 6.30. The number of imidazole rings is 1. The van der Waals surface area contributed by atoms with Gasteiger partial charge in [0.05, 0.1) is 0 Å². The number of hydrogen-bond donors (Lipinski definition) is 1. The smallest absolute Gasteiger partial charge is 0.119 e. The third-order valence-electron chi connectivity index (χ3n) is 3.37. The normalized spacial score (nSPS) is 12.3. The van der Waals surface area contributed by atoms with Crippen LogP contribution in [-0.2, 0) is 13.0 Å². The molecule has 0 saturated heterocycles. The van der Waals surface area contributed by atoms with Gasteiger partial charge >= 0.3 is 0 Å². The summed E-state index contributed by atoms with van der Waals surface area (Å²) in [5, 5.41) is 4.00. The van der Waals surface area contributed by atoms with Gasteiger partial charge < -0.3 is 14.6 Å². The van der Waals surface area contributed by atoms with Crippen LogP contribution in [0.1, 0.15) is 19.2 Å². The molecule has 1 atom stereocenters. The highest BCUT2D eigenvalue weighted by atomic mass is 35.5. The molecule has 0 saturated carbocycles. The van der Waals surface area contributed by atoms with E-state index in [1.165, 1.54) is 0 Å². The first-order valence-corrected chi connectivity index (χ1v) is 7.66. The maximum atomic E-state index is 5.86. The van der Waals surface area contributed by atoms with Crippen molar-refractivity contribution in [3.63, 3.8) is 0 Å². The lowest BCUT2D eigenvalue weighted by molar-refractivity contribution is 0.267. The molecule has 0 spiro atoms. The molecule has 21 heavy (non-hydrogen) atoms. The van der Waals surface area contributed by atoms with Crippen molar-refractivity contribution >= 4 is 11.6 Å². The van der Waals surface area contributed by atoms with Gasteiger partial charge in [-0.15, -0.1) is 0 Å². The first-order chi connectivity index (χ1) is 10.2. The van der Waals surface area contributed by atoms with Crippen molar-refractivity contribution in [2.45, 2.75) is 32.4 Å². The van der Waals surface area contributed by atoms with Crippen molar-refractivity contribution in [3.8, 4) is 5.75 Å². The first kappa shape index (κ1) is 15.9. The Morgan fingerprint density at radius 2 is 2.10 bits per heavy atom. The zero-order valence-corrected chi connectivity index (χ0v) is 13.3. The van der Waals surface area contributed by atoms with Crippen LogP contribution in [0.15, 0.2) is 36.7 Å². The van der Waals surface area contributed by atoms with Gasteiger partial charge in [-0.2, -0.15) is 0 Å². The van der Waals surface area contributed by atoms with Gasteiger partial charge in [-0.05, 0) is 37.7 Å². The number of likely N-dealkylation sites (N-methyl/N-ethyl adjacent to an activating group) is 1. The van der Waals surface area contributed by atoms with Crippen LogP contribution in [-0.4, -0.2) is 29.2 Å². The Labute approximate surface area is 131 Å². The minimum atomic E-state index is 0.221. The molecule has 0 radical (unpaired) electrons. The van der Waals surface area contributed by atoms with Gasteiger partial charge in [-0.3, -0.25) is 0 Å². The average Bonchev–Trinajstić information content (AvgIpc) is 2.92. The summed E-state index contributed by atoms with van der Waals surface area (Å²) < 4.78 is 8.01. The fraction of sp³-hybridized carbons (Fsp3) is 0.438. The number of nitrogens with zero attached hydrogens (tertiary/aromatic N) is 2. The van der Waals surface area contributed by atoms with E-state index in [9.17, 15) is 0 Å². The molecule has 0 fully saturated rings. The number of ether oxygens (including phenoxy) is 1. The van der Waals surface area contributed by atoms with Crippen LogP contribution in [0, 0.1) is 0 Å². The van der Waals surface area contributed by atoms with Gasteiger partial charge in [-0.25, -0.2) is 4.98 Å². The molecule has 1 aromatic carbocycles. The van der Waals surface area contributed by atoms with E-state index in [1.54, 1.807) is 0 Å². The lowest BCUT2D eigenvalue weighted by atomic mass is 10.2. The molecule has 4 nitrogen and oxygen atoms in total. The first-order valence-electron chi connectivity index (χ1n) is 7.28. The largest absolute Gasteiger partial charge is 0.492 e. The minimum absolute atomic E-state index is 0.221. The zero-order chi connectivity index (χ0) is 15.1. The van der Waals surface area contributed by atoms with Gasteiger partial charge in [0, 0.05) is 36.4 Å². The van der Waals surface area contributed by atoms with Crippen molar-refractivity contribution in [3.05, 3.63) is 47.5 Å². The van der Waals surface area contributed by atoms with Crippen LogP contribution >= 0.6 is 11.6 Å². The van der Waals surface area contributed by atoms with Crippen LogP contribution in [0.25, 0.3) is 0 Å². The molecule has 2 aromatic rings. The van der Waals surface area contributed by atoms with Gasteiger partial charge in [0.2, 0.25) is 0 Å². The predicted molar refractivity (Wildman–Crippen MR) is 86.0 cm³/mol. The van der Waals surface area contributed by atoms with E-state index in [0.717, 1.165) is 31.0 Å². The second-order valence-corrected chi connectivity index (χ2v) is 5.43. The summed E-state index contributed by atoms with van der Waals surface area (Å²) in [4.78, 5) is 4.44. The summed E-state index contributed by atoms with van der Waals surface area (Å²) in [7, 11) is 1.95. The highest BCUT2D eigenvalue weighted by Gasteiger charge is 2.12. The standard InChI is InChI=1S/C16H22ClN3O/c1-3-9-20-10-8-19-16(20)11-14(18-2)12-21-15-6-4-13(17)5-7-15/h4-8,10,14,18H,3,9,11-12H2,1-2H3. The molecule has 114 valence electrons. The fourth-order valence-corrected chi connectivity index (χ4v) is 2.29. The second-order valence-electron chi connectivity index (χ2n) is 4.99. The van der Waals surface area contributed by atoms with Crippen molar-refractivity contribution < 1.29 is 4.74 Å². The third-order valence-corrected chi connectivity index (χ3v) is 3.62. The van der Waals surface area contributed by atoms with Crippen molar-refractivity contribution in [1.82, 2.24) is 14.9 Å². The zero-order valence-electron chi connectivity index (χ0n) is 12.6. The van der Waals surface area contributed by atoms with Gasteiger partial charge in [-0.1, -0.05) is 18.5 Å². The molecule has 1 heterocycles. The van der Waals surface area contributed by atoms with E-state index in [0.29, 0.717) is 11.6 Å². The monoisotopic (exact) mass is 307 g/mol. The molecule has 5 heteroatoms. The Balaban J connectivity index is 1.90. The molecular formula is C16H22ClN3O. The SMILES string of the molecule is CCCn1ccnc1CC(COc1ccc(Cl)cc1)NC. The average molecular weight is 308 g/mol. The molecule has 0 amide bonds. The van der Waals surface area contributed by atoms with Gasteiger partial charge in [0.25, 0.3) is 0 Å². The Morgan fingerprint density at radius 1 is 1.33 bits per heavy atom. The quantitative estimate of drug-likeness (QED) is 0.814. The van der Waals surface area contributed by atoms with E-state index in [2.05, 4.69) is 21.8 Å². The molecule has 0 aliphatic rings. The number of aryl methyl sites for hydroxylation is 1. The number of nitrogens with one attached hydrogen (secondary N) is 1. The van der Waals surface area contributed by atoms with E-state index < -0.39 is 0 Å². The summed E-state index contributed by atoms with van der Waals surface area (Å²) in [6, 6.07) is 7.65. The topological polar surface area (TPSA) is 39.1 Å². The minimum Gasteiger partial charge on any atom is -0.492 e. The van der Waals surface area contributed by atoms with Crippen LogP contribution in [0.3, 0.4) is 0 Å². The number of aromatic nitrogens is 2. The van der Waals surface area contributed by atoms with E-state index in [-0.39, 0.29) is 6.04 Å². The number of hydrogen-bond acceptors (Lipinski definition) is 3. The molecule has 0 bridgehead atoms. The molecule has 1 unspecified atom stereocenters. The lowest BCUT2D eigenvalue weighted by Crippen LogP contribution is -2.34. The Kier molecular flexibility index (Phi) is 6.08. The lowest BCUT2D eigenvalue weighted by Gasteiger charge is -2.17. The second kappa shape index (κ2) is 8.05. The maximum Gasteiger partial charge on any atom is 0.119 e. The highest BCUT2D eigenvalue weighted by Crippen LogP contribution is 2.16. The van der Waals surface area contributed by atoms with E-state index >= 15 is 0 Å². The summed E-state index contributed by atoms with van der Waals surface area (Å²) >= 11 is 5.86. The molecule has 2 rings (SSSR count). The van der Waals surface area contributed by atoms with E-state index in [1.807, 2.05) is 43.7 Å². The Bertz CT molecular complexity index is 539. The maximum absolute atomic E-state index is 5.86. The summed E-state index contributed by atoms with van der Waals surface area (Å²) in [6.45, 7) is 3.77. The van der Waals surface area contributed by atoms with Gasteiger partial charge in [0.15, 0.2) is 0 Å². The van der Waals surface area contributed by atoms with Crippen LogP contribution < -0.4 is 10.1 Å². The van der Waals surface area contributed by atoms with E-state index in [4.69, 9.17) is 16.3 Å². The third kappa shape index (κ3) is 4.76. The van der Waals surface area contributed by atoms with Crippen molar-refractivity contribution in [1.29, 1.82) is 0 Å². The number of rotatable bonds is 8. The van der Waals surface area contributed by atoms with Crippen LogP contribution in [0.4, 0.5) is 0 Å². The summed E-state index contributed by atoms with van der Waals surface area (Å²) in [5.74, 6) is 1.92. The van der Waals surface area contributed by atoms with Crippen molar-refractivity contribution in [2.75, 3.05) is 13.7 Å². The summed E-state index contributed by atoms with van der Waals surface area (Å²) in [5.41, 5.74) is 0. The Morgan fingerprint density at radius 3 is 2.76 bits per heavy atom. The fourth-order valence-electron chi connectivity index (χ4n) is 2.17. The van der Waals surface area contributed by atoms with Crippen LogP contribution in [0.2, 0.25) is 5.02 Å². The Hall–Kier alpha value is -1.52. The van der Waals surface area contributed by atoms with Crippen molar-refractivity contribution in [2.24, 2.45) is 0 Å². The molecule has 1 aromatic heterocycles. The van der Waals surface area contributed by atoms with Crippen LogP contribution in [0.5, 0.6) is 5.75 Å². The molecule has 1 N–H and O–H groups in total.